The molecule has 3 aromatic carbocycles. The second kappa shape index (κ2) is 7.59. The van der Waals surface area contributed by atoms with Crippen molar-refractivity contribution in [2.75, 3.05) is 5.32 Å². The molecule has 0 atom stereocenters. The minimum absolute atomic E-state index is 0.233. The van der Waals surface area contributed by atoms with Gasteiger partial charge in [0, 0.05) is 21.3 Å². The number of oxazole rings is 1. The second-order valence-corrected chi connectivity index (χ2v) is 8.38. The molecule has 4 nitrogen and oxygen atoms in total. The van der Waals surface area contributed by atoms with E-state index in [-0.39, 0.29) is 5.91 Å². The van der Waals surface area contributed by atoms with Gasteiger partial charge in [0.25, 0.3) is 5.91 Å². The van der Waals surface area contributed by atoms with Gasteiger partial charge in [0.15, 0.2) is 5.58 Å². The molecule has 0 fully saturated rings. The average molecular weight is 433 g/mol. The van der Waals surface area contributed by atoms with Crippen LogP contribution >= 0.6 is 22.9 Å². The summed E-state index contributed by atoms with van der Waals surface area (Å²) in [7, 11) is 0. The number of carbonyl (C=O) groups excluding carboxylic acids is 1. The first-order valence-corrected chi connectivity index (χ1v) is 10.8. The fraction of sp³-hybridized carbons (Fsp3) is 0.0833. The molecule has 1 N–H and O–H groups in total. The Hall–Kier alpha value is -3.15. The maximum absolute atomic E-state index is 12.8. The van der Waals surface area contributed by atoms with E-state index >= 15 is 0 Å². The molecule has 0 radical (unpaired) electrons. The van der Waals surface area contributed by atoms with Gasteiger partial charge in [-0.25, -0.2) is 4.98 Å². The zero-order valence-electron chi connectivity index (χ0n) is 16.1. The summed E-state index contributed by atoms with van der Waals surface area (Å²) in [4.78, 5) is 18.0. The van der Waals surface area contributed by atoms with E-state index in [1.54, 1.807) is 0 Å². The van der Waals surface area contributed by atoms with E-state index in [1.807, 2.05) is 66.7 Å². The first kappa shape index (κ1) is 18.9. The van der Waals surface area contributed by atoms with Gasteiger partial charge in [-0.2, -0.15) is 0 Å². The molecule has 0 aliphatic rings. The predicted octanol–water partition coefficient (Wildman–Crippen LogP) is 7.18. The topological polar surface area (TPSA) is 55.1 Å². The maximum atomic E-state index is 12.8. The molecule has 0 saturated carbocycles. The standard InChI is InChI=1S/C24H17ClN2O2S/c1-2-14-10-11-19-18(12-14)27-24(29-19)15-6-5-7-16(13-15)26-23(28)22-21(25)17-8-3-4-9-20(17)30-22/h3-13H,2H2,1H3,(H,26,28). The van der Waals surface area contributed by atoms with Gasteiger partial charge in [-0.1, -0.05) is 48.9 Å². The summed E-state index contributed by atoms with van der Waals surface area (Å²) in [6.07, 6.45) is 0.944. The predicted molar refractivity (Wildman–Crippen MR) is 124 cm³/mol. The summed E-state index contributed by atoms with van der Waals surface area (Å²) >= 11 is 7.82. The van der Waals surface area contributed by atoms with Gasteiger partial charge in [0.05, 0.1) is 5.02 Å². The normalized spacial score (nSPS) is 11.3. The Balaban J connectivity index is 1.44. The van der Waals surface area contributed by atoms with Crippen LogP contribution in [0, 0.1) is 0 Å². The van der Waals surface area contributed by atoms with Gasteiger partial charge in [-0.3, -0.25) is 4.79 Å². The molecule has 2 aromatic heterocycles. The van der Waals surface area contributed by atoms with E-state index in [0.717, 1.165) is 33.2 Å². The molecular weight excluding hydrogens is 416 g/mol. The van der Waals surface area contributed by atoms with Crippen LogP contribution in [0.5, 0.6) is 0 Å². The number of benzene rings is 3. The van der Waals surface area contributed by atoms with Gasteiger partial charge < -0.3 is 9.73 Å². The van der Waals surface area contributed by atoms with Gasteiger partial charge in [-0.15, -0.1) is 11.3 Å². The van der Waals surface area contributed by atoms with Gasteiger partial charge in [0.2, 0.25) is 5.89 Å². The number of nitrogens with one attached hydrogen (secondary N) is 1. The Morgan fingerprint density at radius 1 is 1.10 bits per heavy atom. The molecule has 0 aliphatic carbocycles. The number of hydrogen-bond donors (Lipinski definition) is 1. The van der Waals surface area contributed by atoms with Crippen molar-refractivity contribution < 1.29 is 9.21 Å². The van der Waals surface area contributed by atoms with Crippen LogP contribution in [0.4, 0.5) is 5.69 Å². The van der Waals surface area contributed by atoms with E-state index in [4.69, 9.17) is 16.0 Å². The molecule has 5 aromatic rings. The van der Waals surface area contributed by atoms with Crippen LogP contribution in [0.1, 0.15) is 22.2 Å². The number of aromatic nitrogens is 1. The Morgan fingerprint density at radius 2 is 1.97 bits per heavy atom. The number of anilines is 1. The van der Waals surface area contributed by atoms with Crippen LogP contribution in [0.3, 0.4) is 0 Å². The van der Waals surface area contributed by atoms with Crippen molar-refractivity contribution in [2.45, 2.75) is 13.3 Å². The molecule has 2 heterocycles. The van der Waals surface area contributed by atoms with Crippen molar-refractivity contribution in [3.63, 3.8) is 0 Å². The minimum Gasteiger partial charge on any atom is -0.436 e. The third-order valence-electron chi connectivity index (χ3n) is 4.97. The average Bonchev–Trinajstić information content (AvgIpc) is 3.35. The van der Waals surface area contributed by atoms with Crippen molar-refractivity contribution in [3.05, 3.63) is 82.2 Å². The van der Waals surface area contributed by atoms with Crippen LogP contribution < -0.4 is 5.32 Å². The molecule has 6 heteroatoms. The maximum Gasteiger partial charge on any atom is 0.267 e. The third kappa shape index (κ3) is 3.36. The molecule has 1 amide bonds. The molecular formula is C24H17ClN2O2S. The number of aryl methyl sites for hydroxylation is 1. The van der Waals surface area contributed by atoms with Gasteiger partial charge >= 0.3 is 0 Å². The molecule has 30 heavy (non-hydrogen) atoms. The summed E-state index contributed by atoms with van der Waals surface area (Å²) in [6.45, 7) is 2.11. The highest BCUT2D eigenvalue weighted by atomic mass is 35.5. The zero-order chi connectivity index (χ0) is 20.7. The molecule has 0 saturated heterocycles. The molecule has 0 bridgehead atoms. The number of thiophene rings is 1. The Labute approximate surface area is 182 Å². The second-order valence-electron chi connectivity index (χ2n) is 6.95. The van der Waals surface area contributed by atoms with Gasteiger partial charge in [0.1, 0.15) is 10.4 Å². The molecule has 5 rings (SSSR count). The lowest BCUT2D eigenvalue weighted by atomic mass is 10.1. The van der Waals surface area contributed by atoms with E-state index in [2.05, 4.69) is 17.2 Å². The number of amides is 1. The number of fused-ring (bicyclic) bond motifs is 2. The van der Waals surface area contributed by atoms with E-state index in [1.165, 1.54) is 16.9 Å². The number of hydrogen-bond acceptors (Lipinski definition) is 4. The van der Waals surface area contributed by atoms with Crippen LogP contribution in [-0.4, -0.2) is 10.9 Å². The largest absolute Gasteiger partial charge is 0.436 e. The smallest absolute Gasteiger partial charge is 0.267 e. The summed E-state index contributed by atoms with van der Waals surface area (Å²) in [5.41, 5.74) is 4.24. The highest BCUT2D eigenvalue weighted by molar-refractivity contribution is 7.21. The van der Waals surface area contributed by atoms with Crippen molar-refractivity contribution in [3.8, 4) is 11.5 Å². The first-order chi connectivity index (χ1) is 14.6. The van der Waals surface area contributed by atoms with Crippen LogP contribution in [-0.2, 0) is 6.42 Å². The number of nitrogens with zero attached hydrogens (tertiary/aromatic N) is 1. The molecule has 0 aliphatic heterocycles. The lowest BCUT2D eigenvalue weighted by Crippen LogP contribution is -2.10. The fourth-order valence-electron chi connectivity index (χ4n) is 3.39. The highest BCUT2D eigenvalue weighted by Crippen LogP contribution is 2.35. The lowest BCUT2D eigenvalue weighted by Gasteiger charge is -2.05. The quantitative estimate of drug-likeness (QED) is 0.327. The van der Waals surface area contributed by atoms with Crippen LogP contribution in [0.25, 0.3) is 32.6 Å². The monoisotopic (exact) mass is 432 g/mol. The minimum atomic E-state index is -0.233. The van der Waals surface area contributed by atoms with E-state index < -0.39 is 0 Å². The van der Waals surface area contributed by atoms with Crippen molar-refractivity contribution >= 4 is 55.7 Å². The lowest BCUT2D eigenvalue weighted by molar-refractivity contribution is 0.103. The van der Waals surface area contributed by atoms with Crippen molar-refractivity contribution in [2.24, 2.45) is 0 Å². The Kier molecular flexibility index (Phi) is 4.77. The highest BCUT2D eigenvalue weighted by Gasteiger charge is 2.17. The van der Waals surface area contributed by atoms with Crippen molar-refractivity contribution in [1.82, 2.24) is 4.98 Å². The Bertz CT molecular complexity index is 1400. The third-order valence-corrected chi connectivity index (χ3v) is 6.64. The van der Waals surface area contributed by atoms with E-state index in [9.17, 15) is 4.79 Å². The number of rotatable bonds is 4. The SMILES string of the molecule is CCc1ccc2oc(-c3cccc(NC(=O)c4sc5ccccc5c4Cl)c3)nc2c1. The van der Waals surface area contributed by atoms with Gasteiger partial charge in [-0.05, 0) is 48.4 Å². The number of halogens is 1. The molecule has 0 spiro atoms. The van der Waals surface area contributed by atoms with Crippen LogP contribution in [0.2, 0.25) is 5.02 Å². The summed E-state index contributed by atoms with van der Waals surface area (Å²) in [6, 6.07) is 21.2. The van der Waals surface area contributed by atoms with E-state index in [0.29, 0.717) is 21.5 Å². The Morgan fingerprint density at radius 3 is 2.80 bits per heavy atom. The summed E-state index contributed by atoms with van der Waals surface area (Å²) in [5, 5.41) is 4.31. The number of carbonyl (C=O) groups is 1. The fourth-order valence-corrected chi connectivity index (χ4v) is 4.81. The summed E-state index contributed by atoms with van der Waals surface area (Å²) < 4.78 is 6.90. The molecule has 148 valence electrons. The summed E-state index contributed by atoms with van der Waals surface area (Å²) in [5.74, 6) is 0.290. The van der Waals surface area contributed by atoms with Crippen molar-refractivity contribution in [1.29, 1.82) is 0 Å². The van der Waals surface area contributed by atoms with Crippen LogP contribution in [0.15, 0.2) is 71.1 Å². The zero-order valence-corrected chi connectivity index (χ0v) is 17.7. The first-order valence-electron chi connectivity index (χ1n) is 9.60. The molecule has 0 unspecified atom stereocenters.